The summed E-state index contributed by atoms with van der Waals surface area (Å²) in [5.74, 6) is 0. The third-order valence-corrected chi connectivity index (χ3v) is 3.76. The van der Waals surface area contributed by atoms with Crippen LogP contribution in [0.3, 0.4) is 0 Å². The van der Waals surface area contributed by atoms with Gasteiger partial charge in [0.1, 0.15) is 0 Å². The average molecular weight is 246 g/mol. The van der Waals surface area contributed by atoms with Gasteiger partial charge in [0.2, 0.25) is 0 Å². The molecule has 3 aromatic rings. The standard InChI is InChI=1S/C17H14N2/c1-3-13-4-2-9-19-17(13)15(5-1)14-7-6-12-8-10-18-16(12)11-14/h1-7,9,11,18H,8,10H2. The maximum atomic E-state index is 4.53. The first kappa shape index (κ1) is 10.6. The predicted octanol–water partition coefficient (Wildman–Crippen LogP) is 3.87. The number of hydrogen-bond donors (Lipinski definition) is 1. The zero-order valence-corrected chi connectivity index (χ0v) is 10.6. The number of aromatic nitrogens is 1. The summed E-state index contributed by atoms with van der Waals surface area (Å²) in [5, 5.41) is 4.63. The van der Waals surface area contributed by atoms with Gasteiger partial charge in [0.15, 0.2) is 0 Å². The molecule has 2 aromatic carbocycles. The van der Waals surface area contributed by atoms with Crippen LogP contribution in [-0.4, -0.2) is 11.5 Å². The van der Waals surface area contributed by atoms with Gasteiger partial charge in [-0.3, -0.25) is 4.98 Å². The number of fused-ring (bicyclic) bond motifs is 2. The Kier molecular flexibility index (Phi) is 2.27. The largest absolute Gasteiger partial charge is 0.384 e. The maximum Gasteiger partial charge on any atom is 0.0780 e. The van der Waals surface area contributed by atoms with Crippen molar-refractivity contribution >= 4 is 16.6 Å². The molecule has 1 aliphatic heterocycles. The van der Waals surface area contributed by atoms with Crippen molar-refractivity contribution in [2.75, 3.05) is 11.9 Å². The minimum atomic E-state index is 1.05. The van der Waals surface area contributed by atoms with Crippen LogP contribution >= 0.6 is 0 Å². The fraction of sp³-hybridized carbons (Fsp3) is 0.118. The Morgan fingerprint density at radius 3 is 2.95 bits per heavy atom. The number of para-hydroxylation sites is 1. The molecule has 0 fully saturated rings. The summed E-state index contributed by atoms with van der Waals surface area (Å²) in [6.45, 7) is 1.05. The van der Waals surface area contributed by atoms with Crippen LogP contribution < -0.4 is 5.32 Å². The van der Waals surface area contributed by atoms with Crippen molar-refractivity contribution < 1.29 is 0 Å². The van der Waals surface area contributed by atoms with Gasteiger partial charge in [-0.25, -0.2) is 0 Å². The first-order valence-corrected chi connectivity index (χ1v) is 6.63. The van der Waals surface area contributed by atoms with E-state index in [1.807, 2.05) is 12.3 Å². The normalized spacial score (nSPS) is 13.3. The Balaban J connectivity index is 1.95. The number of nitrogens with one attached hydrogen (secondary N) is 1. The molecule has 0 saturated heterocycles. The average Bonchev–Trinajstić information content (AvgIpc) is 2.94. The minimum absolute atomic E-state index is 1.05. The number of pyridine rings is 1. The van der Waals surface area contributed by atoms with E-state index in [0.29, 0.717) is 0 Å². The lowest BCUT2D eigenvalue weighted by Gasteiger charge is -2.08. The van der Waals surface area contributed by atoms with Gasteiger partial charge in [0, 0.05) is 29.4 Å². The third kappa shape index (κ3) is 1.68. The van der Waals surface area contributed by atoms with Gasteiger partial charge < -0.3 is 5.32 Å². The van der Waals surface area contributed by atoms with E-state index in [1.54, 1.807) is 0 Å². The van der Waals surface area contributed by atoms with Crippen LogP contribution in [0.4, 0.5) is 5.69 Å². The van der Waals surface area contributed by atoms with Crippen LogP contribution in [0.25, 0.3) is 22.0 Å². The van der Waals surface area contributed by atoms with Crippen LogP contribution in [0, 0.1) is 0 Å². The molecule has 0 spiro atoms. The fourth-order valence-corrected chi connectivity index (χ4v) is 2.80. The highest BCUT2D eigenvalue weighted by Gasteiger charge is 2.12. The second-order valence-corrected chi connectivity index (χ2v) is 4.93. The monoisotopic (exact) mass is 246 g/mol. The predicted molar refractivity (Wildman–Crippen MR) is 79.4 cm³/mol. The quantitative estimate of drug-likeness (QED) is 0.705. The fourth-order valence-electron chi connectivity index (χ4n) is 2.80. The Labute approximate surface area is 112 Å². The highest BCUT2D eigenvalue weighted by Crippen LogP contribution is 2.32. The lowest BCUT2D eigenvalue weighted by Crippen LogP contribution is -1.91. The Morgan fingerprint density at radius 1 is 1.00 bits per heavy atom. The SMILES string of the molecule is c1cnc2c(-c3ccc4c(c3)NCC4)cccc2c1. The zero-order chi connectivity index (χ0) is 12.7. The molecular formula is C17H14N2. The van der Waals surface area contributed by atoms with E-state index < -0.39 is 0 Å². The maximum absolute atomic E-state index is 4.53. The van der Waals surface area contributed by atoms with Gasteiger partial charge in [-0.15, -0.1) is 0 Å². The van der Waals surface area contributed by atoms with Gasteiger partial charge in [0.25, 0.3) is 0 Å². The van der Waals surface area contributed by atoms with Crippen molar-refractivity contribution in [2.45, 2.75) is 6.42 Å². The highest BCUT2D eigenvalue weighted by atomic mass is 14.9. The van der Waals surface area contributed by atoms with Gasteiger partial charge in [-0.05, 0) is 29.7 Å². The van der Waals surface area contributed by atoms with Gasteiger partial charge >= 0.3 is 0 Å². The molecule has 0 radical (unpaired) electrons. The molecule has 0 bridgehead atoms. The van der Waals surface area contributed by atoms with Gasteiger partial charge in [0.05, 0.1) is 5.52 Å². The molecule has 1 aliphatic rings. The van der Waals surface area contributed by atoms with Crippen molar-refractivity contribution in [1.82, 2.24) is 4.98 Å². The van der Waals surface area contributed by atoms with Crippen molar-refractivity contribution in [3.8, 4) is 11.1 Å². The summed E-state index contributed by atoms with van der Waals surface area (Å²) in [6, 6.07) is 17.1. The van der Waals surface area contributed by atoms with Gasteiger partial charge in [-0.1, -0.05) is 36.4 Å². The van der Waals surface area contributed by atoms with Crippen LogP contribution in [0.15, 0.2) is 54.7 Å². The van der Waals surface area contributed by atoms with Crippen molar-refractivity contribution in [2.24, 2.45) is 0 Å². The van der Waals surface area contributed by atoms with Crippen LogP contribution in [-0.2, 0) is 6.42 Å². The van der Waals surface area contributed by atoms with E-state index >= 15 is 0 Å². The van der Waals surface area contributed by atoms with Crippen LogP contribution in [0.2, 0.25) is 0 Å². The lowest BCUT2D eigenvalue weighted by molar-refractivity contribution is 1.11. The second kappa shape index (κ2) is 4.09. The van der Waals surface area contributed by atoms with Crippen LogP contribution in [0.5, 0.6) is 0 Å². The molecule has 0 saturated carbocycles. The third-order valence-electron chi connectivity index (χ3n) is 3.76. The summed E-state index contributed by atoms with van der Waals surface area (Å²) < 4.78 is 0. The molecule has 0 aliphatic carbocycles. The highest BCUT2D eigenvalue weighted by molar-refractivity contribution is 5.94. The van der Waals surface area contributed by atoms with E-state index in [1.165, 1.54) is 27.8 Å². The van der Waals surface area contributed by atoms with E-state index in [0.717, 1.165) is 18.5 Å². The van der Waals surface area contributed by atoms with E-state index in [2.05, 4.69) is 52.8 Å². The second-order valence-electron chi connectivity index (χ2n) is 4.93. The molecule has 2 heteroatoms. The Morgan fingerprint density at radius 2 is 1.95 bits per heavy atom. The molecule has 1 aromatic heterocycles. The van der Waals surface area contributed by atoms with E-state index in [9.17, 15) is 0 Å². The lowest BCUT2D eigenvalue weighted by atomic mass is 10.00. The molecule has 0 amide bonds. The zero-order valence-electron chi connectivity index (χ0n) is 10.6. The van der Waals surface area contributed by atoms with Crippen molar-refractivity contribution in [3.63, 3.8) is 0 Å². The summed E-state index contributed by atoms with van der Waals surface area (Å²) in [5.41, 5.74) is 6.19. The Hall–Kier alpha value is -2.35. The molecule has 2 nitrogen and oxygen atoms in total. The molecule has 0 atom stereocenters. The topological polar surface area (TPSA) is 24.9 Å². The number of rotatable bonds is 1. The summed E-state index contributed by atoms with van der Waals surface area (Å²) in [7, 11) is 0. The molecule has 2 heterocycles. The summed E-state index contributed by atoms with van der Waals surface area (Å²) >= 11 is 0. The van der Waals surface area contributed by atoms with E-state index in [-0.39, 0.29) is 0 Å². The minimum Gasteiger partial charge on any atom is -0.384 e. The first-order valence-electron chi connectivity index (χ1n) is 6.63. The number of nitrogens with zero attached hydrogens (tertiary/aromatic N) is 1. The molecule has 4 rings (SSSR count). The molecular weight excluding hydrogens is 232 g/mol. The number of benzene rings is 2. The molecule has 0 unspecified atom stereocenters. The van der Waals surface area contributed by atoms with E-state index in [4.69, 9.17) is 0 Å². The van der Waals surface area contributed by atoms with Crippen LogP contribution in [0.1, 0.15) is 5.56 Å². The first-order chi connectivity index (χ1) is 9.42. The summed E-state index contributed by atoms with van der Waals surface area (Å²) in [4.78, 5) is 4.53. The van der Waals surface area contributed by atoms with Gasteiger partial charge in [-0.2, -0.15) is 0 Å². The Bertz CT molecular complexity index is 757. The van der Waals surface area contributed by atoms with Crippen molar-refractivity contribution in [3.05, 3.63) is 60.3 Å². The van der Waals surface area contributed by atoms with Crippen molar-refractivity contribution in [1.29, 1.82) is 0 Å². The summed E-state index contributed by atoms with van der Waals surface area (Å²) in [6.07, 6.45) is 2.99. The number of anilines is 1. The molecule has 1 N–H and O–H groups in total. The smallest absolute Gasteiger partial charge is 0.0780 e. The molecule has 19 heavy (non-hydrogen) atoms. The number of hydrogen-bond acceptors (Lipinski definition) is 2. The molecule has 92 valence electrons.